The molecule has 4 N–H and O–H groups in total. The number of hydrogen-bond donors (Lipinski definition) is 4. The number of aromatic nitrogens is 1. The number of amides is 3. The van der Waals surface area contributed by atoms with Crippen molar-refractivity contribution in [2.75, 3.05) is 20.3 Å². The number of methoxy groups -OCH3 is 1. The molecule has 0 unspecified atom stereocenters. The van der Waals surface area contributed by atoms with E-state index in [1.54, 1.807) is 25.3 Å². The number of esters is 1. The van der Waals surface area contributed by atoms with Crippen LogP contribution in [0.25, 0.3) is 10.9 Å². The van der Waals surface area contributed by atoms with Gasteiger partial charge in [-0.2, -0.15) is 0 Å². The van der Waals surface area contributed by atoms with Crippen molar-refractivity contribution in [3.63, 3.8) is 0 Å². The van der Waals surface area contributed by atoms with Crippen molar-refractivity contribution in [2.45, 2.75) is 71.4 Å². The number of nitrogens with one attached hydrogen (secondary N) is 4. The first kappa shape index (κ1) is 30.1. The molecule has 3 amide bonds. The summed E-state index contributed by atoms with van der Waals surface area (Å²) in [5, 5.41) is 9.03. The van der Waals surface area contributed by atoms with E-state index in [-0.39, 0.29) is 23.9 Å². The molecular formula is C30H40N4O7. The molecule has 1 aliphatic carbocycles. The second kappa shape index (κ2) is 12.7. The molecular weight excluding hydrogens is 528 g/mol. The third kappa shape index (κ3) is 7.07. The SMILES string of the molecule is COc1cccc2[nH]c(C(=O)N[C@@H](CC(C)C)C(=O)N[C@@H](C[C@@H]3CCNC3=O)C(=O)COC(=O)C3(C)CCC3)cc12. The molecule has 3 atom stereocenters. The summed E-state index contributed by atoms with van der Waals surface area (Å²) in [5.74, 6) is -1.93. The molecule has 1 aromatic carbocycles. The van der Waals surface area contributed by atoms with Crippen LogP contribution in [0.3, 0.4) is 0 Å². The summed E-state index contributed by atoms with van der Waals surface area (Å²) in [6.45, 7) is 5.66. The van der Waals surface area contributed by atoms with Crippen LogP contribution in [0.4, 0.5) is 0 Å². The van der Waals surface area contributed by atoms with Crippen molar-refractivity contribution in [2.24, 2.45) is 17.3 Å². The number of hydrogen-bond acceptors (Lipinski definition) is 7. The molecule has 2 fully saturated rings. The second-order valence-corrected chi connectivity index (χ2v) is 11.8. The summed E-state index contributed by atoms with van der Waals surface area (Å²) >= 11 is 0. The Morgan fingerprint density at radius 3 is 2.49 bits per heavy atom. The second-order valence-electron chi connectivity index (χ2n) is 11.8. The third-order valence-electron chi connectivity index (χ3n) is 8.10. The lowest BCUT2D eigenvalue weighted by Gasteiger charge is -2.35. The monoisotopic (exact) mass is 568 g/mol. The highest BCUT2D eigenvalue weighted by molar-refractivity contribution is 6.02. The smallest absolute Gasteiger partial charge is 0.312 e. The van der Waals surface area contributed by atoms with Gasteiger partial charge in [0.2, 0.25) is 11.8 Å². The van der Waals surface area contributed by atoms with Crippen molar-refractivity contribution < 1.29 is 33.4 Å². The van der Waals surface area contributed by atoms with E-state index >= 15 is 0 Å². The number of ether oxygens (including phenoxy) is 2. The number of carbonyl (C=O) groups is 5. The van der Waals surface area contributed by atoms with Gasteiger partial charge in [-0.05, 0) is 63.1 Å². The summed E-state index contributed by atoms with van der Waals surface area (Å²) in [5.41, 5.74) is 0.395. The van der Waals surface area contributed by atoms with E-state index in [9.17, 15) is 24.0 Å². The zero-order chi connectivity index (χ0) is 29.7. The highest BCUT2D eigenvalue weighted by Crippen LogP contribution is 2.41. The number of ketones is 1. The van der Waals surface area contributed by atoms with Crippen molar-refractivity contribution in [1.82, 2.24) is 20.9 Å². The van der Waals surface area contributed by atoms with E-state index in [0.717, 1.165) is 11.8 Å². The van der Waals surface area contributed by atoms with E-state index in [2.05, 4.69) is 20.9 Å². The molecule has 0 radical (unpaired) electrons. The van der Waals surface area contributed by atoms with Crippen molar-refractivity contribution in [3.8, 4) is 5.75 Å². The Bertz CT molecular complexity index is 1310. The Hall–Kier alpha value is -3.89. The van der Waals surface area contributed by atoms with Crippen LogP contribution < -0.4 is 20.7 Å². The van der Waals surface area contributed by atoms with Crippen LogP contribution in [0, 0.1) is 17.3 Å². The molecule has 0 spiro atoms. The maximum absolute atomic E-state index is 13.5. The highest BCUT2D eigenvalue weighted by Gasteiger charge is 2.41. The average Bonchev–Trinajstić information content (AvgIpc) is 3.54. The molecule has 41 heavy (non-hydrogen) atoms. The number of fused-ring (bicyclic) bond motifs is 1. The van der Waals surface area contributed by atoms with Gasteiger partial charge in [0.25, 0.3) is 5.91 Å². The summed E-state index contributed by atoms with van der Waals surface area (Å²) in [7, 11) is 1.55. The minimum Gasteiger partial charge on any atom is -0.496 e. The largest absolute Gasteiger partial charge is 0.496 e. The molecule has 222 valence electrons. The van der Waals surface area contributed by atoms with Gasteiger partial charge < -0.3 is 30.4 Å². The topological polar surface area (TPSA) is 156 Å². The predicted molar refractivity (Wildman–Crippen MR) is 151 cm³/mol. The Labute approximate surface area is 239 Å². The van der Waals surface area contributed by atoms with Gasteiger partial charge in [-0.3, -0.25) is 24.0 Å². The van der Waals surface area contributed by atoms with Gasteiger partial charge in [0.1, 0.15) is 17.5 Å². The third-order valence-corrected chi connectivity index (χ3v) is 8.10. The zero-order valence-corrected chi connectivity index (χ0v) is 24.1. The predicted octanol–water partition coefficient (Wildman–Crippen LogP) is 2.63. The number of benzene rings is 1. The van der Waals surface area contributed by atoms with Gasteiger partial charge in [0, 0.05) is 23.4 Å². The fraction of sp³-hybridized carbons (Fsp3) is 0.567. The minimum atomic E-state index is -1.05. The highest BCUT2D eigenvalue weighted by atomic mass is 16.5. The van der Waals surface area contributed by atoms with Gasteiger partial charge >= 0.3 is 5.97 Å². The normalized spacial score (nSPS) is 19.1. The van der Waals surface area contributed by atoms with E-state index in [0.29, 0.717) is 43.5 Å². The molecule has 11 nitrogen and oxygen atoms in total. The molecule has 1 saturated carbocycles. The summed E-state index contributed by atoms with van der Waals surface area (Å²) in [6.07, 6.45) is 3.29. The number of aromatic amines is 1. The van der Waals surface area contributed by atoms with Crippen LogP contribution in [-0.4, -0.2) is 66.8 Å². The Morgan fingerprint density at radius 1 is 1.12 bits per heavy atom. The molecule has 0 bridgehead atoms. The molecule has 11 heteroatoms. The van der Waals surface area contributed by atoms with E-state index in [4.69, 9.17) is 9.47 Å². The maximum Gasteiger partial charge on any atom is 0.312 e. The van der Waals surface area contributed by atoms with Crippen LogP contribution in [0.2, 0.25) is 0 Å². The lowest BCUT2D eigenvalue weighted by Crippen LogP contribution is -2.53. The van der Waals surface area contributed by atoms with Crippen molar-refractivity contribution in [1.29, 1.82) is 0 Å². The number of carbonyl (C=O) groups excluding carboxylic acids is 5. The maximum atomic E-state index is 13.5. The number of H-pyrrole nitrogens is 1. The molecule has 4 rings (SSSR count). The van der Waals surface area contributed by atoms with Gasteiger partial charge in [0.15, 0.2) is 12.4 Å². The molecule has 1 aliphatic heterocycles. The molecule has 2 aliphatic rings. The van der Waals surface area contributed by atoms with E-state index in [1.807, 2.05) is 26.8 Å². The van der Waals surface area contributed by atoms with Crippen LogP contribution in [0.15, 0.2) is 24.3 Å². The Morgan fingerprint density at radius 2 is 1.88 bits per heavy atom. The van der Waals surface area contributed by atoms with Crippen LogP contribution in [-0.2, 0) is 23.9 Å². The summed E-state index contributed by atoms with van der Waals surface area (Å²) in [4.78, 5) is 67.8. The molecule has 2 heterocycles. The molecule has 1 aromatic heterocycles. The van der Waals surface area contributed by atoms with E-state index < -0.39 is 53.6 Å². The quantitative estimate of drug-likeness (QED) is 0.271. The van der Waals surface area contributed by atoms with Crippen molar-refractivity contribution >= 4 is 40.4 Å². The number of rotatable bonds is 13. The summed E-state index contributed by atoms with van der Waals surface area (Å²) in [6, 6.07) is 5.08. The minimum absolute atomic E-state index is 0.0489. The van der Waals surface area contributed by atoms with Gasteiger partial charge in [-0.1, -0.05) is 26.3 Å². The fourth-order valence-corrected chi connectivity index (χ4v) is 5.39. The lowest BCUT2D eigenvalue weighted by molar-refractivity contribution is -0.162. The standard InChI is InChI=1S/C30H40N4O7/c1-17(2)13-22(34-28(38)23-15-19-20(32-23)7-5-8-25(19)40-4)27(37)33-21(14-18-9-12-31-26(18)36)24(35)16-41-29(39)30(3)10-6-11-30/h5,7-8,15,17-18,21-22,32H,6,9-14,16H2,1-4H3,(H,31,36)(H,33,37)(H,34,38)/t18-,21-,22-/m0/s1. The fourth-order valence-electron chi connectivity index (χ4n) is 5.39. The van der Waals surface area contributed by atoms with Crippen LogP contribution in [0.1, 0.15) is 69.8 Å². The number of Topliss-reactive ketones (excluding diaryl/α,β-unsaturated/α-hetero) is 1. The van der Waals surface area contributed by atoms with Crippen LogP contribution >= 0.6 is 0 Å². The first-order valence-electron chi connectivity index (χ1n) is 14.3. The lowest BCUT2D eigenvalue weighted by atomic mass is 9.70. The Balaban J connectivity index is 1.47. The van der Waals surface area contributed by atoms with E-state index in [1.165, 1.54) is 0 Å². The first-order chi connectivity index (χ1) is 19.5. The van der Waals surface area contributed by atoms with Gasteiger partial charge in [0.05, 0.1) is 18.6 Å². The Kier molecular flexibility index (Phi) is 9.35. The van der Waals surface area contributed by atoms with Crippen LogP contribution in [0.5, 0.6) is 5.75 Å². The first-order valence-corrected chi connectivity index (χ1v) is 14.3. The zero-order valence-electron chi connectivity index (χ0n) is 24.1. The summed E-state index contributed by atoms with van der Waals surface area (Å²) < 4.78 is 10.7. The molecule has 1 saturated heterocycles. The van der Waals surface area contributed by atoms with Gasteiger partial charge in [-0.15, -0.1) is 0 Å². The molecule has 2 aromatic rings. The van der Waals surface area contributed by atoms with Crippen molar-refractivity contribution in [3.05, 3.63) is 30.0 Å². The van der Waals surface area contributed by atoms with Gasteiger partial charge in [-0.25, -0.2) is 0 Å². The average molecular weight is 569 g/mol.